The van der Waals surface area contributed by atoms with E-state index in [1.54, 1.807) is 6.20 Å². The van der Waals surface area contributed by atoms with E-state index in [0.29, 0.717) is 11.0 Å². The van der Waals surface area contributed by atoms with Gasteiger partial charge >= 0.3 is 0 Å². The minimum atomic E-state index is -0.0717. The average Bonchev–Trinajstić information content (AvgIpc) is 2.27. The number of anilines is 1. The normalized spacial score (nSPS) is 11.6. The predicted octanol–water partition coefficient (Wildman–Crippen LogP) is 3.26. The fourth-order valence-electron chi connectivity index (χ4n) is 1.53. The van der Waals surface area contributed by atoms with Gasteiger partial charge in [0.2, 0.25) is 0 Å². The van der Waals surface area contributed by atoms with Crippen LogP contribution in [0.25, 0.3) is 0 Å². The first kappa shape index (κ1) is 15.2. The van der Waals surface area contributed by atoms with Crippen molar-refractivity contribution in [3.8, 4) is 0 Å². The number of nitrogens with zero attached hydrogens (tertiary/aromatic N) is 2. The number of aryl methyl sites for hydroxylation is 1. The molecule has 1 rings (SSSR count). The van der Waals surface area contributed by atoms with Crippen LogP contribution in [0, 0.1) is 5.41 Å². The quantitative estimate of drug-likeness (QED) is 0.907. The van der Waals surface area contributed by atoms with Crippen molar-refractivity contribution in [1.29, 1.82) is 0 Å². The maximum atomic E-state index is 12.0. The molecule has 0 amide bonds. The Morgan fingerprint density at radius 1 is 1.44 bits per heavy atom. The summed E-state index contributed by atoms with van der Waals surface area (Å²) >= 11 is 3.35. The molecule has 18 heavy (non-hydrogen) atoms. The average molecular weight is 316 g/mol. The fraction of sp³-hybridized carbons (Fsp3) is 0.692. The summed E-state index contributed by atoms with van der Waals surface area (Å²) in [4.78, 5) is 12.0. The summed E-state index contributed by atoms with van der Waals surface area (Å²) in [5.74, 6) is 0. The molecule has 0 radical (unpaired) electrons. The molecule has 0 spiro atoms. The molecule has 0 aliphatic heterocycles. The highest BCUT2D eigenvalue weighted by Crippen LogP contribution is 2.20. The summed E-state index contributed by atoms with van der Waals surface area (Å²) in [6, 6.07) is 0. The summed E-state index contributed by atoms with van der Waals surface area (Å²) in [6.07, 6.45) is 3.65. The summed E-state index contributed by atoms with van der Waals surface area (Å²) < 4.78 is 2.05. The second kappa shape index (κ2) is 6.36. The second-order valence-electron chi connectivity index (χ2n) is 5.64. The van der Waals surface area contributed by atoms with Gasteiger partial charge in [-0.3, -0.25) is 4.79 Å². The van der Waals surface area contributed by atoms with Crippen LogP contribution in [0.1, 0.15) is 40.5 Å². The van der Waals surface area contributed by atoms with Gasteiger partial charge in [-0.1, -0.05) is 27.7 Å². The van der Waals surface area contributed by atoms with Crippen molar-refractivity contribution in [1.82, 2.24) is 9.78 Å². The van der Waals surface area contributed by atoms with Crippen LogP contribution in [-0.2, 0) is 6.54 Å². The number of hydrogen-bond acceptors (Lipinski definition) is 3. The summed E-state index contributed by atoms with van der Waals surface area (Å²) in [7, 11) is 0. The first-order valence-corrected chi connectivity index (χ1v) is 7.14. The van der Waals surface area contributed by atoms with Crippen molar-refractivity contribution in [2.24, 2.45) is 5.41 Å². The van der Waals surface area contributed by atoms with E-state index < -0.39 is 0 Å². The minimum Gasteiger partial charge on any atom is -0.383 e. The molecule has 0 saturated carbocycles. The molecule has 1 N–H and O–H groups in total. The van der Waals surface area contributed by atoms with E-state index in [-0.39, 0.29) is 11.0 Å². The van der Waals surface area contributed by atoms with Gasteiger partial charge in [0.05, 0.1) is 11.9 Å². The highest BCUT2D eigenvalue weighted by atomic mass is 79.9. The van der Waals surface area contributed by atoms with Gasteiger partial charge in [0, 0.05) is 13.1 Å². The van der Waals surface area contributed by atoms with Crippen molar-refractivity contribution in [3.63, 3.8) is 0 Å². The Bertz CT molecular complexity index is 449. The van der Waals surface area contributed by atoms with Crippen LogP contribution in [0.3, 0.4) is 0 Å². The Morgan fingerprint density at radius 2 is 2.11 bits per heavy atom. The Hall–Kier alpha value is -0.840. The highest BCUT2D eigenvalue weighted by Gasteiger charge is 2.11. The first-order valence-electron chi connectivity index (χ1n) is 6.34. The zero-order valence-electron chi connectivity index (χ0n) is 11.6. The monoisotopic (exact) mass is 315 g/mol. The van der Waals surface area contributed by atoms with Gasteiger partial charge in [-0.2, -0.15) is 5.10 Å². The van der Waals surface area contributed by atoms with E-state index in [0.717, 1.165) is 25.1 Å². The van der Waals surface area contributed by atoms with Crippen LogP contribution < -0.4 is 10.9 Å². The molecule has 0 fully saturated rings. The van der Waals surface area contributed by atoms with E-state index >= 15 is 0 Å². The van der Waals surface area contributed by atoms with Gasteiger partial charge < -0.3 is 5.32 Å². The molecule has 0 bridgehead atoms. The lowest BCUT2D eigenvalue weighted by Gasteiger charge is -2.18. The third kappa shape index (κ3) is 4.44. The third-order valence-corrected chi connectivity index (χ3v) is 3.38. The minimum absolute atomic E-state index is 0.0717. The van der Waals surface area contributed by atoms with Crippen molar-refractivity contribution < 1.29 is 0 Å². The smallest absolute Gasteiger partial charge is 0.283 e. The summed E-state index contributed by atoms with van der Waals surface area (Å²) in [5.41, 5.74) is 0.985. The topological polar surface area (TPSA) is 46.9 Å². The molecule has 1 heterocycles. The van der Waals surface area contributed by atoms with Crippen LogP contribution >= 0.6 is 15.9 Å². The Labute approximate surface area is 117 Å². The number of hydrogen-bond donors (Lipinski definition) is 1. The Morgan fingerprint density at radius 3 is 2.67 bits per heavy atom. The fourth-order valence-corrected chi connectivity index (χ4v) is 1.98. The Balaban J connectivity index is 2.74. The lowest BCUT2D eigenvalue weighted by Crippen LogP contribution is -2.25. The summed E-state index contributed by atoms with van der Waals surface area (Å²) in [5, 5.41) is 7.41. The second-order valence-corrected chi connectivity index (χ2v) is 6.43. The molecule has 0 aliphatic carbocycles. The van der Waals surface area contributed by atoms with Crippen LogP contribution in [-0.4, -0.2) is 16.3 Å². The van der Waals surface area contributed by atoms with E-state index in [9.17, 15) is 4.79 Å². The predicted molar refractivity (Wildman–Crippen MR) is 79.0 cm³/mol. The van der Waals surface area contributed by atoms with E-state index in [1.165, 1.54) is 4.68 Å². The van der Waals surface area contributed by atoms with E-state index in [4.69, 9.17) is 0 Å². The molecule has 0 aliphatic rings. The number of halogens is 1. The van der Waals surface area contributed by atoms with Crippen LogP contribution in [0.5, 0.6) is 0 Å². The number of aromatic nitrogens is 2. The summed E-state index contributed by atoms with van der Waals surface area (Å²) in [6.45, 7) is 10.1. The van der Waals surface area contributed by atoms with E-state index in [1.807, 2.05) is 6.92 Å². The molecule has 102 valence electrons. The molecule has 0 atom stereocenters. The van der Waals surface area contributed by atoms with E-state index in [2.05, 4.69) is 47.1 Å². The maximum absolute atomic E-state index is 12.0. The van der Waals surface area contributed by atoms with Gasteiger partial charge in [-0.15, -0.1) is 0 Å². The zero-order chi connectivity index (χ0) is 13.8. The van der Waals surface area contributed by atoms with Crippen molar-refractivity contribution >= 4 is 21.6 Å². The molecular formula is C13H22BrN3O. The Kier molecular flexibility index (Phi) is 5.38. The van der Waals surface area contributed by atoms with Crippen molar-refractivity contribution in [2.45, 2.75) is 47.1 Å². The van der Waals surface area contributed by atoms with Crippen molar-refractivity contribution in [3.05, 3.63) is 21.0 Å². The lowest BCUT2D eigenvalue weighted by molar-refractivity contribution is 0.389. The molecule has 4 nitrogen and oxygen atoms in total. The number of nitrogens with one attached hydrogen (secondary N) is 1. The molecular weight excluding hydrogens is 294 g/mol. The largest absolute Gasteiger partial charge is 0.383 e. The van der Waals surface area contributed by atoms with Gasteiger partial charge in [0.15, 0.2) is 0 Å². The van der Waals surface area contributed by atoms with Crippen LogP contribution in [0.15, 0.2) is 15.5 Å². The molecule has 1 aromatic rings. The third-order valence-electron chi connectivity index (χ3n) is 2.61. The first-order chi connectivity index (χ1) is 8.35. The molecule has 5 heteroatoms. The SMILES string of the molecule is CCCn1ncc(NCCC(C)(C)C)c(Br)c1=O. The number of rotatable bonds is 5. The molecule has 0 unspecified atom stereocenters. The van der Waals surface area contributed by atoms with Crippen LogP contribution in [0.4, 0.5) is 5.69 Å². The van der Waals surface area contributed by atoms with Gasteiger partial charge in [-0.25, -0.2) is 4.68 Å². The van der Waals surface area contributed by atoms with Crippen molar-refractivity contribution in [2.75, 3.05) is 11.9 Å². The maximum Gasteiger partial charge on any atom is 0.283 e. The van der Waals surface area contributed by atoms with Gasteiger partial charge in [0.1, 0.15) is 4.47 Å². The molecule has 1 aromatic heterocycles. The van der Waals surface area contributed by atoms with Gasteiger partial charge in [-0.05, 0) is 34.2 Å². The highest BCUT2D eigenvalue weighted by molar-refractivity contribution is 9.10. The molecule has 0 aromatic carbocycles. The molecule has 0 saturated heterocycles. The van der Waals surface area contributed by atoms with Crippen LogP contribution in [0.2, 0.25) is 0 Å². The van der Waals surface area contributed by atoms with Gasteiger partial charge in [0.25, 0.3) is 5.56 Å². The zero-order valence-corrected chi connectivity index (χ0v) is 13.2. The lowest BCUT2D eigenvalue weighted by atomic mass is 9.92. The standard InChI is InChI=1S/C13H22BrN3O/c1-5-8-17-12(18)11(14)10(9-16-17)15-7-6-13(2,3)4/h9,15H,5-8H2,1-4H3.